The first-order valence-corrected chi connectivity index (χ1v) is 7.79. The van der Waals surface area contributed by atoms with Gasteiger partial charge in [-0.05, 0) is 25.7 Å². The molecule has 2 nitrogen and oxygen atoms in total. The quantitative estimate of drug-likeness (QED) is 0.829. The molecule has 1 aromatic rings. The minimum atomic E-state index is 0.173. The average Bonchev–Trinajstić information content (AvgIpc) is 2.71. The summed E-state index contributed by atoms with van der Waals surface area (Å²) < 4.78 is 0. The zero-order chi connectivity index (χ0) is 13.8. The van der Waals surface area contributed by atoms with Crippen molar-refractivity contribution in [3.63, 3.8) is 0 Å². The van der Waals surface area contributed by atoms with Crippen LogP contribution in [0.2, 0.25) is 0 Å². The van der Waals surface area contributed by atoms with Crippen LogP contribution in [0.1, 0.15) is 64.3 Å². The van der Waals surface area contributed by atoms with E-state index < -0.39 is 0 Å². The van der Waals surface area contributed by atoms with Crippen molar-refractivity contribution in [2.24, 2.45) is 5.92 Å². The van der Waals surface area contributed by atoms with E-state index >= 15 is 0 Å². The molecule has 18 heavy (non-hydrogen) atoms. The van der Waals surface area contributed by atoms with Crippen LogP contribution in [0.4, 0.5) is 0 Å². The van der Waals surface area contributed by atoms with Crippen LogP contribution < -0.4 is 5.32 Å². The van der Waals surface area contributed by atoms with Gasteiger partial charge in [0.1, 0.15) is 0 Å². The first-order valence-electron chi connectivity index (χ1n) is 6.97. The molecule has 1 unspecified atom stereocenters. The Morgan fingerprint density at radius 3 is 2.39 bits per heavy atom. The highest BCUT2D eigenvalue weighted by Gasteiger charge is 2.17. The fourth-order valence-electron chi connectivity index (χ4n) is 1.70. The fourth-order valence-corrected chi connectivity index (χ4v) is 2.62. The van der Waals surface area contributed by atoms with Gasteiger partial charge in [0.2, 0.25) is 0 Å². The van der Waals surface area contributed by atoms with Gasteiger partial charge in [-0.2, -0.15) is 0 Å². The standard InChI is InChI=1S/C15H28N2S/c1-11(2)7-8-12(3)16-9-13-10-17-14(18-13)15(4,5)6/h10-12,16H,7-9H2,1-6H3. The van der Waals surface area contributed by atoms with Crippen LogP contribution in [0.15, 0.2) is 6.20 Å². The Kier molecular flexibility index (Phi) is 5.80. The third-order valence-corrected chi connectivity index (χ3v) is 4.42. The maximum atomic E-state index is 4.52. The van der Waals surface area contributed by atoms with Crippen LogP contribution in [-0.4, -0.2) is 11.0 Å². The predicted molar refractivity (Wildman–Crippen MR) is 81.2 cm³/mol. The molecule has 0 saturated carbocycles. The molecular formula is C15H28N2S. The van der Waals surface area contributed by atoms with Gasteiger partial charge >= 0.3 is 0 Å². The summed E-state index contributed by atoms with van der Waals surface area (Å²) in [6.45, 7) is 14.4. The van der Waals surface area contributed by atoms with Gasteiger partial charge in [0.15, 0.2) is 0 Å². The molecule has 0 saturated heterocycles. The Balaban J connectivity index is 2.37. The third kappa shape index (κ3) is 5.49. The molecule has 0 spiro atoms. The second-order valence-corrected chi connectivity index (χ2v) is 7.75. The van der Waals surface area contributed by atoms with Gasteiger partial charge in [0.25, 0.3) is 0 Å². The van der Waals surface area contributed by atoms with Gasteiger partial charge < -0.3 is 5.32 Å². The van der Waals surface area contributed by atoms with Crippen LogP contribution in [0.3, 0.4) is 0 Å². The van der Waals surface area contributed by atoms with Crippen molar-refractivity contribution >= 4 is 11.3 Å². The summed E-state index contributed by atoms with van der Waals surface area (Å²) in [6, 6.07) is 0.590. The van der Waals surface area contributed by atoms with Crippen LogP contribution in [0.25, 0.3) is 0 Å². The number of nitrogens with one attached hydrogen (secondary N) is 1. The highest BCUT2D eigenvalue weighted by atomic mass is 32.1. The molecule has 3 heteroatoms. The lowest BCUT2D eigenvalue weighted by molar-refractivity contribution is 0.452. The lowest BCUT2D eigenvalue weighted by Gasteiger charge is -2.15. The highest BCUT2D eigenvalue weighted by Crippen LogP contribution is 2.26. The number of thiazole rings is 1. The second-order valence-electron chi connectivity index (χ2n) is 6.63. The third-order valence-electron chi connectivity index (χ3n) is 3.00. The van der Waals surface area contributed by atoms with Crippen molar-refractivity contribution in [1.29, 1.82) is 0 Å². The van der Waals surface area contributed by atoms with E-state index in [1.54, 1.807) is 0 Å². The summed E-state index contributed by atoms with van der Waals surface area (Å²) in [7, 11) is 0. The molecule has 0 bridgehead atoms. The minimum Gasteiger partial charge on any atom is -0.309 e. The van der Waals surface area contributed by atoms with E-state index in [1.165, 1.54) is 22.7 Å². The average molecular weight is 268 g/mol. The van der Waals surface area contributed by atoms with E-state index in [1.807, 2.05) is 17.5 Å². The first kappa shape index (κ1) is 15.6. The number of rotatable bonds is 6. The van der Waals surface area contributed by atoms with E-state index in [9.17, 15) is 0 Å². The Hall–Kier alpha value is -0.410. The molecule has 1 heterocycles. The van der Waals surface area contributed by atoms with Gasteiger partial charge in [0.05, 0.1) is 5.01 Å². The topological polar surface area (TPSA) is 24.9 Å². The van der Waals surface area contributed by atoms with Gasteiger partial charge in [-0.25, -0.2) is 4.98 Å². The lowest BCUT2D eigenvalue weighted by Crippen LogP contribution is -2.25. The summed E-state index contributed by atoms with van der Waals surface area (Å²) in [5.41, 5.74) is 0.173. The lowest BCUT2D eigenvalue weighted by atomic mass is 9.98. The van der Waals surface area contributed by atoms with Crippen molar-refractivity contribution in [2.45, 2.75) is 72.4 Å². The van der Waals surface area contributed by atoms with Crippen molar-refractivity contribution in [1.82, 2.24) is 10.3 Å². The molecule has 0 aromatic carbocycles. The first-order chi connectivity index (χ1) is 8.29. The summed E-state index contributed by atoms with van der Waals surface area (Å²) in [5.74, 6) is 0.796. The minimum absolute atomic E-state index is 0.173. The van der Waals surface area contributed by atoms with Crippen LogP contribution in [0.5, 0.6) is 0 Å². The Morgan fingerprint density at radius 1 is 1.22 bits per heavy atom. The Bertz CT molecular complexity index is 350. The summed E-state index contributed by atoms with van der Waals surface area (Å²) in [5, 5.41) is 4.82. The van der Waals surface area contributed by atoms with Crippen molar-refractivity contribution in [3.05, 3.63) is 16.1 Å². The van der Waals surface area contributed by atoms with E-state index in [0.717, 1.165) is 12.5 Å². The van der Waals surface area contributed by atoms with Crippen molar-refractivity contribution in [3.8, 4) is 0 Å². The summed E-state index contributed by atoms with van der Waals surface area (Å²) in [4.78, 5) is 5.86. The zero-order valence-corrected chi connectivity index (χ0v) is 13.5. The zero-order valence-electron chi connectivity index (χ0n) is 12.7. The molecule has 1 N–H and O–H groups in total. The molecule has 0 aliphatic heterocycles. The normalized spacial score (nSPS) is 14.2. The van der Waals surface area contributed by atoms with Crippen LogP contribution in [-0.2, 0) is 12.0 Å². The smallest absolute Gasteiger partial charge is 0.0981 e. The summed E-state index contributed by atoms with van der Waals surface area (Å²) in [6.07, 6.45) is 4.57. The molecule has 1 rings (SSSR count). The molecule has 0 aliphatic rings. The van der Waals surface area contributed by atoms with Crippen LogP contribution >= 0.6 is 11.3 Å². The van der Waals surface area contributed by atoms with Crippen LogP contribution in [0, 0.1) is 5.92 Å². The van der Waals surface area contributed by atoms with Gasteiger partial charge in [-0.15, -0.1) is 11.3 Å². The van der Waals surface area contributed by atoms with Crippen molar-refractivity contribution in [2.75, 3.05) is 0 Å². The monoisotopic (exact) mass is 268 g/mol. The van der Waals surface area contributed by atoms with E-state index in [0.29, 0.717) is 6.04 Å². The number of hydrogen-bond donors (Lipinski definition) is 1. The number of hydrogen-bond acceptors (Lipinski definition) is 3. The molecule has 0 aliphatic carbocycles. The maximum Gasteiger partial charge on any atom is 0.0981 e. The largest absolute Gasteiger partial charge is 0.309 e. The van der Waals surface area contributed by atoms with Gasteiger partial charge in [-0.1, -0.05) is 34.6 Å². The number of aromatic nitrogens is 1. The number of nitrogens with zero attached hydrogens (tertiary/aromatic N) is 1. The Labute approximate surface area is 116 Å². The maximum absolute atomic E-state index is 4.52. The summed E-state index contributed by atoms with van der Waals surface area (Å²) >= 11 is 1.83. The molecule has 0 radical (unpaired) electrons. The van der Waals surface area contributed by atoms with Crippen molar-refractivity contribution < 1.29 is 0 Å². The van der Waals surface area contributed by atoms with E-state index in [-0.39, 0.29) is 5.41 Å². The molecule has 1 atom stereocenters. The van der Waals surface area contributed by atoms with E-state index in [2.05, 4.69) is 51.8 Å². The van der Waals surface area contributed by atoms with E-state index in [4.69, 9.17) is 0 Å². The second kappa shape index (κ2) is 6.67. The molecule has 104 valence electrons. The molecular weight excluding hydrogens is 240 g/mol. The van der Waals surface area contributed by atoms with Gasteiger partial charge in [0, 0.05) is 29.1 Å². The SMILES string of the molecule is CC(C)CCC(C)NCc1cnc(C(C)(C)C)s1. The van der Waals surface area contributed by atoms with Gasteiger partial charge in [-0.3, -0.25) is 0 Å². The molecule has 1 aromatic heterocycles. The Morgan fingerprint density at radius 2 is 1.89 bits per heavy atom. The highest BCUT2D eigenvalue weighted by molar-refractivity contribution is 7.11. The fraction of sp³-hybridized carbons (Fsp3) is 0.800. The predicted octanol–water partition coefficient (Wildman–Crippen LogP) is 4.35. The molecule has 0 fully saturated rings. The molecule has 0 amide bonds.